The van der Waals surface area contributed by atoms with Gasteiger partial charge < -0.3 is 19.4 Å². The van der Waals surface area contributed by atoms with Crippen LogP contribution in [-0.4, -0.2) is 59.2 Å². The highest BCUT2D eigenvalue weighted by Gasteiger charge is 2.59. The van der Waals surface area contributed by atoms with Crippen LogP contribution in [0.5, 0.6) is 0 Å². The van der Waals surface area contributed by atoms with Crippen LogP contribution in [0.15, 0.2) is 90.3 Å². The number of hydrogen-bond donors (Lipinski definition) is 1. The van der Waals surface area contributed by atoms with Gasteiger partial charge in [-0.15, -0.1) is 0 Å². The molecule has 14 atom stereocenters. The number of rotatable bonds is 10. The number of cyclic esters (lactones) is 2. The zero-order valence-corrected chi connectivity index (χ0v) is 36.4. The summed E-state index contributed by atoms with van der Waals surface area (Å²) in [5.41, 5.74) is 5.57. The summed E-state index contributed by atoms with van der Waals surface area (Å²) in [6.07, 6.45) is 14.2. The fourth-order valence-electron chi connectivity index (χ4n) is 13.4. The van der Waals surface area contributed by atoms with Crippen LogP contribution in [0.4, 0.5) is 8.78 Å². The number of halogens is 2. The molecule has 6 fully saturated rings. The van der Waals surface area contributed by atoms with Gasteiger partial charge in [0, 0.05) is 59.6 Å². The second-order valence-electron chi connectivity index (χ2n) is 19.2. The number of carbonyl (C=O) groups excluding carboxylic acids is 2. The Kier molecular flexibility index (Phi) is 12.8. The van der Waals surface area contributed by atoms with Gasteiger partial charge in [-0.3, -0.25) is 19.6 Å². The van der Waals surface area contributed by atoms with Crippen molar-refractivity contribution in [2.75, 3.05) is 13.7 Å². The van der Waals surface area contributed by atoms with E-state index in [2.05, 4.69) is 23.1 Å². The van der Waals surface area contributed by atoms with Crippen molar-refractivity contribution in [3.05, 3.63) is 108 Å². The van der Waals surface area contributed by atoms with Gasteiger partial charge in [0.25, 0.3) is 0 Å². The Labute approximate surface area is 369 Å². The number of pyridine rings is 2. The molecule has 2 aromatic heterocycles. The van der Waals surface area contributed by atoms with Crippen molar-refractivity contribution in [1.82, 2.24) is 9.97 Å². The summed E-state index contributed by atoms with van der Waals surface area (Å²) in [6, 6.07) is 21.3. The number of aliphatic hydroxyl groups is 1. The van der Waals surface area contributed by atoms with E-state index in [0.717, 1.165) is 85.0 Å². The Bertz CT molecular complexity index is 2270. The number of nitrogens with zero attached hydrogens (tertiary/aromatic N) is 3. The average Bonchev–Trinajstić information content (AvgIpc) is 4.04. The molecule has 332 valence electrons. The number of ether oxygens (including phenoxy) is 2. The molecule has 2 aromatic carbocycles. The van der Waals surface area contributed by atoms with Crippen LogP contribution in [0.1, 0.15) is 70.2 Å². The molecule has 9 nitrogen and oxygen atoms in total. The van der Waals surface area contributed by atoms with Crippen LogP contribution in [0, 0.1) is 82.6 Å². The van der Waals surface area contributed by atoms with Crippen LogP contribution < -0.4 is 0 Å². The largest absolute Gasteiger partial charge is 0.462 e. The number of esters is 2. The van der Waals surface area contributed by atoms with E-state index >= 15 is 0 Å². The van der Waals surface area contributed by atoms with Crippen molar-refractivity contribution in [3.8, 4) is 22.3 Å². The fourth-order valence-corrected chi connectivity index (χ4v) is 13.4. The first-order valence-electron chi connectivity index (χ1n) is 23.1. The molecule has 0 bridgehead atoms. The van der Waals surface area contributed by atoms with Crippen LogP contribution in [-0.2, 0) is 36.7 Å². The van der Waals surface area contributed by atoms with Crippen molar-refractivity contribution in [2.45, 2.75) is 83.8 Å². The molecule has 0 spiro atoms. The highest BCUT2D eigenvalue weighted by Crippen LogP contribution is 2.59. The number of oxime groups is 1. The maximum atomic E-state index is 13.6. The molecule has 10 rings (SSSR count). The third-order valence-corrected chi connectivity index (χ3v) is 16.0. The second kappa shape index (κ2) is 18.6. The maximum Gasteiger partial charge on any atom is 0.309 e. The van der Waals surface area contributed by atoms with E-state index in [9.17, 15) is 23.5 Å². The van der Waals surface area contributed by atoms with E-state index < -0.39 is 0 Å². The smallest absolute Gasteiger partial charge is 0.309 e. The molecule has 0 unspecified atom stereocenters. The highest BCUT2D eigenvalue weighted by atomic mass is 19.1. The Morgan fingerprint density at radius 3 is 1.60 bits per heavy atom. The zero-order chi connectivity index (χ0) is 43.8. The first-order chi connectivity index (χ1) is 30.6. The Hall–Kier alpha value is -5.03. The lowest BCUT2D eigenvalue weighted by molar-refractivity contribution is -0.145. The van der Waals surface area contributed by atoms with Crippen LogP contribution in [0.25, 0.3) is 22.3 Å². The molecule has 6 aliphatic rings. The minimum absolute atomic E-state index is 0.00823. The molecule has 0 radical (unpaired) electrons. The summed E-state index contributed by atoms with van der Waals surface area (Å²) < 4.78 is 38.4. The lowest BCUT2D eigenvalue weighted by Crippen LogP contribution is -2.43. The molecule has 4 aromatic rings. The topological polar surface area (TPSA) is 120 Å². The predicted octanol–water partition coefficient (Wildman–Crippen LogP) is 9.56. The highest BCUT2D eigenvalue weighted by molar-refractivity contribution is 5.76. The molecule has 4 aliphatic carbocycles. The Morgan fingerprint density at radius 2 is 1.16 bits per heavy atom. The van der Waals surface area contributed by atoms with Crippen molar-refractivity contribution in [2.24, 2.45) is 76.2 Å². The van der Waals surface area contributed by atoms with E-state index in [-0.39, 0.29) is 72.0 Å². The van der Waals surface area contributed by atoms with E-state index in [0.29, 0.717) is 41.4 Å². The third-order valence-electron chi connectivity index (χ3n) is 16.0. The molecule has 2 saturated heterocycles. The quantitative estimate of drug-likeness (QED) is 0.0952. The van der Waals surface area contributed by atoms with Gasteiger partial charge in [-0.25, -0.2) is 8.78 Å². The van der Waals surface area contributed by atoms with E-state index in [1.165, 1.54) is 30.7 Å². The minimum Gasteiger partial charge on any atom is -0.462 e. The maximum absolute atomic E-state index is 13.6. The number of benzene rings is 2. The van der Waals surface area contributed by atoms with Crippen molar-refractivity contribution >= 4 is 18.2 Å². The van der Waals surface area contributed by atoms with Gasteiger partial charge >= 0.3 is 11.9 Å². The van der Waals surface area contributed by atoms with Crippen molar-refractivity contribution in [1.29, 1.82) is 0 Å². The summed E-state index contributed by atoms with van der Waals surface area (Å²) >= 11 is 0. The van der Waals surface area contributed by atoms with Gasteiger partial charge in [0.15, 0.2) is 0 Å². The minimum atomic E-state index is -0.249. The molecule has 2 aliphatic heterocycles. The van der Waals surface area contributed by atoms with Gasteiger partial charge in [0.05, 0.1) is 11.8 Å². The second-order valence-corrected chi connectivity index (χ2v) is 19.2. The zero-order valence-electron chi connectivity index (χ0n) is 36.4. The lowest BCUT2D eigenvalue weighted by atomic mass is 9.60. The summed E-state index contributed by atoms with van der Waals surface area (Å²) in [5.74, 6) is 3.31. The van der Waals surface area contributed by atoms with E-state index in [4.69, 9.17) is 19.3 Å². The predicted molar refractivity (Wildman–Crippen MR) is 235 cm³/mol. The van der Waals surface area contributed by atoms with Crippen LogP contribution in [0.2, 0.25) is 0 Å². The third kappa shape index (κ3) is 8.79. The summed E-state index contributed by atoms with van der Waals surface area (Å²) in [7, 11) is 1.56. The number of carbonyl (C=O) groups is 2. The summed E-state index contributed by atoms with van der Waals surface area (Å²) in [4.78, 5) is 39.3. The number of aromatic nitrogens is 2. The van der Waals surface area contributed by atoms with Crippen molar-refractivity contribution < 1.29 is 37.8 Å². The number of fused-ring (bicyclic) bond motifs is 6. The summed E-state index contributed by atoms with van der Waals surface area (Å²) in [5, 5.41) is 13.9. The molecular formula is C52H59F2N3O6. The monoisotopic (exact) mass is 859 g/mol. The van der Waals surface area contributed by atoms with Gasteiger partial charge in [-0.1, -0.05) is 41.6 Å². The normalized spacial score (nSPS) is 34.0. The van der Waals surface area contributed by atoms with E-state index in [1.54, 1.807) is 19.2 Å². The van der Waals surface area contributed by atoms with Gasteiger partial charge in [-0.2, -0.15) is 0 Å². The van der Waals surface area contributed by atoms with Gasteiger partial charge in [-0.05, 0) is 167 Å². The molecule has 4 heterocycles. The molecule has 4 saturated carbocycles. The molecule has 11 heteroatoms. The molecule has 1 N–H and O–H groups in total. The number of aliphatic hydroxyl groups excluding tert-OH is 1. The van der Waals surface area contributed by atoms with Crippen LogP contribution >= 0.6 is 0 Å². The number of hydrogen-bond acceptors (Lipinski definition) is 9. The molecule has 0 amide bonds. The first-order valence-corrected chi connectivity index (χ1v) is 23.1. The summed E-state index contributed by atoms with van der Waals surface area (Å²) in [6.45, 7) is 4.24. The molecular weight excluding hydrogens is 801 g/mol. The van der Waals surface area contributed by atoms with E-state index in [1.807, 2.05) is 55.9 Å². The van der Waals surface area contributed by atoms with Crippen molar-refractivity contribution in [3.63, 3.8) is 0 Å². The SMILES string of the molecule is CON=CC[C@H]1C[C@H]2C(=O)O[C@H](C)[C@H]2[C@H]2[C@H](Cc3ccc(-c4cccc(F)c4)cn3)CC[C@H]12.C[C@H]1OC(=O)[C@@H]2C[C@H](CO)[C@H]3CC[C@@H](Cc4ccc(-c5cccc(F)c5)cn4)[C@@H]3[C@H]12. The Morgan fingerprint density at radius 1 is 0.667 bits per heavy atom. The van der Waals surface area contributed by atoms with Crippen LogP contribution in [0.3, 0.4) is 0 Å². The lowest BCUT2D eigenvalue weighted by Gasteiger charge is -2.43. The standard InChI is InChI=1S/C27H31FN2O3.C25H28FNO3/c1-16-25-24(27(31)33-16)14-18(10-11-30-32-2)23-9-7-19(26(23)25)13-22-8-6-20(15-29-22)17-4-3-5-21(28)12-17;1-14-23-22(25(29)30-14)11-18(13-28)21-8-6-16(24(21)23)10-20-7-5-17(12-27-20)15-3-2-4-19(26)9-15/h3-6,8,11-12,15-16,18-19,23-26H,7,9-10,13-14H2,1-2H3;2-5,7,9,12,14,16,18,21-24,28H,6,8,10-11,13H2,1H3/t16-,18+,19+,23-,24-,25-,26+;14-,16+,18-,21-,22-,23-,24+/m11/s1. The first kappa shape index (κ1) is 43.2. The average molecular weight is 860 g/mol. The van der Waals surface area contributed by atoms with Gasteiger partial charge in [0.2, 0.25) is 0 Å². The molecule has 63 heavy (non-hydrogen) atoms. The fraction of sp³-hybridized carbons (Fsp3) is 0.519. The van der Waals surface area contributed by atoms with Gasteiger partial charge in [0.1, 0.15) is 31.0 Å². The Balaban J connectivity index is 0.000000161.